The average molecular weight is 341 g/mol. The Hall–Kier alpha value is -1.66. The maximum atomic E-state index is 12.0. The topological polar surface area (TPSA) is 60.5 Å². The van der Waals surface area contributed by atoms with E-state index in [1.54, 1.807) is 32.5 Å². The van der Waals surface area contributed by atoms with Gasteiger partial charge in [-0.3, -0.25) is 9.78 Å². The average Bonchev–Trinajstić information content (AvgIpc) is 2.55. The fourth-order valence-electron chi connectivity index (χ4n) is 1.92. The summed E-state index contributed by atoms with van der Waals surface area (Å²) >= 11 is 7.86. The van der Waals surface area contributed by atoms with Gasteiger partial charge in [0, 0.05) is 11.5 Å². The first-order valence-corrected chi connectivity index (χ1v) is 8.22. The second kappa shape index (κ2) is 7.07. The molecule has 0 saturated carbocycles. The van der Waals surface area contributed by atoms with Crippen LogP contribution in [0.4, 0.5) is 5.69 Å². The van der Waals surface area contributed by atoms with E-state index in [2.05, 4.69) is 10.3 Å². The van der Waals surface area contributed by atoms with E-state index in [-0.39, 0.29) is 11.2 Å². The fraction of sp³-hybridized carbons (Fsp3) is 0.333. The summed E-state index contributed by atoms with van der Waals surface area (Å²) in [7, 11) is 3.11. The van der Waals surface area contributed by atoms with Gasteiger partial charge in [0.05, 0.1) is 41.9 Å². The third-order valence-electron chi connectivity index (χ3n) is 3.29. The molecule has 2 aromatic rings. The van der Waals surface area contributed by atoms with Crippen LogP contribution in [0.15, 0.2) is 18.3 Å². The number of anilines is 1. The minimum atomic E-state index is -0.169. The number of amides is 1. The van der Waals surface area contributed by atoms with E-state index >= 15 is 0 Å². The summed E-state index contributed by atoms with van der Waals surface area (Å²) in [6, 6.07) is 3.49. The highest BCUT2D eigenvalue weighted by Gasteiger charge is 2.16. The second-order valence-electron chi connectivity index (χ2n) is 4.58. The van der Waals surface area contributed by atoms with Gasteiger partial charge in [-0.1, -0.05) is 11.6 Å². The molecule has 0 fully saturated rings. The molecule has 1 atom stereocenters. The molecular weight excluding hydrogens is 324 g/mol. The van der Waals surface area contributed by atoms with Crippen LogP contribution in [0.5, 0.6) is 11.5 Å². The monoisotopic (exact) mass is 340 g/mol. The lowest BCUT2D eigenvalue weighted by Gasteiger charge is -2.13. The van der Waals surface area contributed by atoms with E-state index in [0.29, 0.717) is 33.1 Å². The number of rotatable bonds is 5. The number of halogens is 1. The summed E-state index contributed by atoms with van der Waals surface area (Å²) in [6.45, 7) is 1.83. The van der Waals surface area contributed by atoms with Crippen molar-refractivity contribution in [1.29, 1.82) is 0 Å². The van der Waals surface area contributed by atoms with Gasteiger partial charge in [-0.2, -0.15) is 11.8 Å². The summed E-state index contributed by atoms with van der Waals surface area (Å²) in [6.07, 6.45) is 3.42. The van der Waals surface area contributed by atoms with E-state index in [9.17, 15) is 4.79 Å². The number of carbonyl (C=O) groups is 1. The van der Waals surface area contributed by atoms with Gasteiger partial charge in [0.25, 0.3) is 0 Å². The van der Waals surface area contributed by atoms with Crippen molar-refractivity contribution in [2.24, 2.45) is 0 Å². The number of pyridine rings is 1. The Morgan fingerprint density at radius 1 is 1.32 bits per heavy atom. The predicted octanol–water partition coefficient (Wildman–Crippen LogP) is 3.60. The molecule has 0 aliphatic heterocycles. The van der Waals surface area contributed by atoms with Crippen LogP contribution in [0.1, 0.15) is 6.92 Å². The first-order chi connectivity index (χ1) is 10.5. The van der Waals surface area contributed by atoms with E-state index in [1.165, 1.54) is 11.8 Å². The Balaban J connectivity index is 2.47. The van der Waals surface area contributed by atoms with E-state index < -0.39 is 0 Å². The van der Waals surface area contributed by atoms with Crippen molar-refractivity contribution in [1.82, 2.24) is 4.98 Å². The normalized spacial score (nSPS) is 12.0. The van der Waals surface area contributed by atoms with Crippen molar-refractivity contribution >= 4 is 45.9 Å². The van der Waals surface area contributed by atoms with Crippen LogP contribution in [-0.2, 0) is 4.79 Å². The molecule has 1 amide bonds. The zero-order valence-corrected chi connectivity index (χ0v) is 14.3. The lowest BCUT2D eigenvalue weighted by molar-refractivity contribution is -0.115. The summed E-state index contributed by atoms with van der Waals surface area (Å²) in [4.78, 5) is 16.3. The number of fused-ring (bicyclic) bond motifs is 1. The van der Waals surface area contributed by atoms with Crippen LogP contribution in [0.3, 0.4) is 0 Å². The Bertz CT molecular complexity index is 709. The smallest absolute Gasteiger partial charge is 0.237 e. The molecule has 5 nitrogen and oxygen atoms in total. The van der Waals surface area contributed by atoms with Gasteiger partial charge in [-0.15, -0.1) is 0 Å². The van der Waals surface area contributed by atoms with Crippen molar-refractivity contribution < 1.29 is 14.3 Å². The number of aromatic nitrogens is 1. The van der Waals surface area contributed by atoms with Crippen molar-refractivity contribution in [3.05, 3.63) is 23.4 Å². The fourth-order valence-corrected chi connectivity index (χ4v) is 2.44. The molecule has 0 saturated heterocycles. The summed E-state index contributed by atoms with van der Waals surface area (Å²) in [5.74, 6) is 1.02. The van der Waals surface area contributed by atoms with Crippen LogP contribution in [0, 0.1) is 0 Å². The highest BCUT2D eigenvalue weighted by molar-refractivity contribution is 7.99. The van der Waals surface area contributed by atoms with Gasteiger partial charge >= 0.3 is 0 Å². The van der Waals surface area contributed by atoms with Gasteiger partial charge in [-0.05, 0) is 19.2 Å². The van der Waals surface area contributed by atoms with Crippen molar-refractivity contribution in [2.45, 2.75) is 12.2 Å². The Morgan fingerprint density at radius 2 is 1.95 bits per heavy atom. The maximum absolute atomic E-state index is 12.0. The van der Waals surface area contributed by atoms with E-state index in [1.807, 2.05) is 13.2 Å². The van der Waals surface area contributed by atoms with Crippen molar-refractivity contribution in [3.8, 4) is 11.5 Å². The molecule has 1 unspecified atom stereocenters. The number of ether oxygens (including phenoxy) is 2. The second-order valence-corrected chi connectivity index (χ2v) is 6.13. The number of nitrogens with one attached hydrogen (secondary N) is 1. The van der Waals surface area contributed by atoms with Crippen LogP contribution in [0.25, 0.3) is 10.9 Å². The number of thioether (sulfide) groups is 1. The SMILES string of the molecule is COc1cc2ncc(NC(=O)C(C)SC)c(Cl)c2cc1OC. The molecule has 1 heterocycles. The Kier molecular flexibility index (Phi) is 5.37. The standard InChI is InChI=1S/C15H17ClN2O3S/c1-8(22-4)15(19)18-11-7-17-10-6-13(21-3)12(20-2)5-9(10)14(11)16/h5-8H,1-4H3,(H,18,19). The van der Waals surface area contributed by atoms with Crippen LogP contribution < -0.4 is 14.8 Å². The number of hydrogen-bond donors (Lipinski definition) is 1. The minimum absolute atomic E-state index is 0.115. The zero-order chi connectivity index (χ0) is 16.3. The summed E-state index contributed by atoms with van der Waals surface area (Å²) in [5.41, 5.74) is 1.14. The van der Waals surface area contributed by atoms with Gasteiger partial charge in [-0.25, -0.2) is 0 Å². The third-order valence-corrected chi connectivity index (χ3v) is 4.62. The highest BCUT2D eigenvalue weighted by atomic mass is 35.5. The van der Waals surface area contributed by atoms with Gasteiger partial charge < -0.3 is 14.8 Å². The summed E-state index contributed by atoms with van der Waals surface area (Å²) < 4.78 is 10.5. The van der Waals surface area contributed by atoms with Gasteiger partial charge in [0.15, 0.2) is 11.5 Å². The van der Waals surface area contributed by atoms with E-state index in [4.69, 9.17) is 21.1 Å². The van der Waals surface area contributed by atoms with Crippen LogP contribution >= 0.6 is 23.4 Å². The van der Waals surface area contributed by atoms with Crippen LogP contribution in [0.2, 0.25) is 5.02 Å². The third kappa shape index (κ3) is 3.23. The molecule has 0 bridgehead atoms. The molecule has 1 aromatic carbocycles. The molecule has 0 aliphatic carbocycles. The molecule has 22 heavy (non-hydrogen) atoms. The molecule has 0 spiro atoms. The number of benzene rings is 1. The maximum Gasteiger partial charge on any atom is 0.237 e. The molecule has 118 valence electrons. The molecule has 1 aromatic heterocycles. The first-order valence-electron chi connectivity index (χ1n) is 6.55. The number of carbonyl (C=O) groups excluding carboxylic acids is 1. The molecule has 1 N–H and O–H groups in total. The Labute approximate surface area is 138 Å². The molecule has 0 aliphatic rings. The minimum Gasteiger partial charge on any atom is -0.493 e. The lowest BCUT2D eigenvalue weighted by Crippen LogP contribution is -2.22. The number of nitrogens with zero attached hydrogens (tertiary/aromatic N) is 1. The largest absolute Gasteiger partial charge is 0.493 e. The molecular formula is C15H17ClN2O3S. The molecule has 2 rings (SSSR count). The highest BCUT2D eigenvalue weighted by Crippen LogP contribution is 2.37. The summed E-state index contributed by atoms with van der Waals surface area (Å²) in [5, 5.41) is 3.74. The van der Waals surface area contributed by atoms with Gasteiger partial charge in [0.1, 0.15) is 0 Å². The number of hydrogen-bond acceptors (Lipinski definition) is 5. The molecule has 7 heteroatoms. The first kappa shape index (κ1) is 16.7. The van der Waals surface area contributed by atoms with Crippen LogP contribution in [-0.4, -0.2) is 36.6 Å². The Morgan fingerprint density at radius 3 is 2.55 bits per heavy atom. The lowest BCUT2D eigenvalue weighted by atomic mass is 10.2. The number of methoxy groups -OCH3 is 2. The van der Waals surface area contributed by atoms with Crippen molar-refractivity contribution in [2.75, 3.05) is 25.8 Å². The van der Waals surface area contributed by atoms with Gasteiger partial charge in [0.2, 0.25) is 5.91 Å². The quantitative estimate of drug-likeness (QED) is 0.901. The predicted molar refractivity (Wildman–Crippen MR) is 91.5 cm³/mol. The molecule has 0 radical (unpaired) electrons. The van der Waals surface area contributed by atoms with E-state index in [0.717, 1.165) is 0 Å². The zero-order valence-electron chi connectivity index (χ0n) is 12.8. The van der Waals surface area contributed by atoms with Crippen molar-refractivity contribution in [3.63, 3.8) is 0 Å².